The van der Waals surface area contributed by atoms with E-state index in [2.05, 4.69) is 10.2 Å². The summed E-state index contributed by atoms with van der Waals surface area (Å²) in [4.78, 5) is 26.1. The topological polar surface area (TPSA) is 124 Å². The lowest BCUT2D eigenvalue weighted by Gasteiger charge is -2.38. The van der Waals surface area contributed by atoms with E-state index in [0.29, 0.717) is 43.7 Å². The van der Waals surface area contributed by atoms with Gasteiger partial charge in [-0.15, -0.1) is 0 Å². The number of rotatable bonds is 4. The summed E-state index contributed by atoms with van der Waals surface area (Å²) >= 11 is 0. The summed E-state index contributed by atoms with van der Waals surface area (Å²) in [6.45, 7) is 4.13. The summed E-state index contributed by atoms with van der Waals surface area (Å²) in [6.07, 6.45) is 3.14. The molecule has 27 heavy (non-hydrogen) atoms. The standard InChI is InChI=1S/C17H26N4O5S/c1-11-15(12(2)19-18-11)27(25,26)20-8-5-6-13(10-20)16(22)21-9-4-3-7-14(21)17(23)24/h13-14H,3-10H2,1-2H3,(H,18,19)(H,23,24). The molecule has 9 nitrogen and oxygen atoms in total. The molecule has 0 bridgehead atoms. The van der Waals surface area contributed by atoms with E-state index in [1.165, 1.54) is 9.21 Å². The SMILES string of the molecule is Cc1n[nH]c(C)c1S(=O)(=O)N1CCCC(C(=O)N2CCCCC2C(=O)O)C1. The lowest BCUT2D eigenvalue weighted by atomic mass is 9.94. The molecule has 2 aliphatic rings. The first kappa shape index (κ1) is 19.8. The number of piperidine rings is 2. The minimum atomic E-state index is -3.75. The number of amides is 1. The fraction of sp³-hybridized carbons (Fsp3) is 0.706. The summed E-state index contributed by atoms with van der Waals surface area (Å²) in [7, 11) is -3.75. The van der Waals surface area contributed by atoms with Gasteiger partial charge < -0.3 is 10.0 Å². The molecule has 2 saturated heterocycles. The molecule has 1 aromatic heterocycles. The van der Waals surface area contributed by atoms with Crippen LogP contribution in [0.15, 0.2) is 4.90 Å². The lowest BCUT2D eigenvalue weighted by molar-refractivity contribution is -0.154. The molecular weight excluding hydrogens is 372 g/mol. The second-order valence-electron chi connectivity index (χ2n) is 7.35. The van der Waals surface area contributed by atoms with Crippen LogP contribution in [0, 0.1) is 19.8 Å². The van der Waals surface area contributed by atoms with Crippen LogP contribution in [0.2, 0.25) is 0 Å². The zero-order chi connectivity index (χ0) is 19.8. The van der Waals surface area contributed by atoms with Crippen LogP contribution in [0.1, 0.15) is 43.5 Å². The van der Waals surface area contributed by atoms with Crippen molar-refractivity contribution in [1.29, 1.82) is 0 Å². The number of aliphatic carboxylic acids is 1. The number of carboxylic acids is 1. The summed E-state index contributed by atoms with van der Waals surface area (Å²) < 4.78 is 27.4. The number of hydrogen-bond acceptors (Lipinski definition) is 5. The van der Waals surface area contributed by atoms with Gasteiger partial charge in [-0.05, 0) is 46.0 Å². The highest BCUT2D eigenvalue weighted by Gasteiger charge is 2.40. The van der Waals surface area contributed by atoms with Crippen LogP contribution in [-0.2, 0) is 19.6 Å². The number of carbonyl (C=O) groups is 2. The van der Waals surface area contributed by atoms with Crippen molar-refractivity contribution in [2.45, 2.75) is 56.9 Å². The van der Waals surface area contributed by atoms with E-state index in [1.807, 2.05) is 0 Å². The van der Waals surface area contributed by atoms with Gasteiger partial charge in [0.1, 0.15) is 10.9 Å². The predicted octanol–water partition coefficient (Wildman–Crippen LogP) is 0.893. The number of nitrogens with zero attached hydrogens (tertiary/aromatic N) is 3. The van der Waals surface area contributed by atoms with Gasteiger partial charge in [-0.3, -0.25) is 9.89 Å². The molecular formula is C17H26N4O5S. The monoisotopic (exact) mass is 398 g/mol. The number of aromatic amines is 1. The highest BCUT2D eigenvalue weighted by molar-refractivity contribution is 7.89. The normalized spacial score (nSPS) is 24.7. The Kier molecular flexibility index (Phi) is 5.57. The van der Waals surface area contributed by atoms with Crippen molar-refractivity contribution in [2.75, 3.05) is 19.6 Å². The van der Waals surface area contributed by atoms with Crippen molar-refractivity contribution < 1.29 is 23.1 Å². The molecule has 2 fully saturated rings. The van der Waals surface area contributed by atoms with Gasteiger partial charge in [0.2, 0.25) is 15.9 Å². The summed E-state index contributed by atoms with van der Waals surface area (Å²) in [6, 6.07) is -0.809. The quantitative estimate of drug-likeness (QED) is 0.776. The lowest BCUT2D eigenvalue weighted by Crippen LogP contribution is -2.53. The van der Waals surface area contributed by atoms with Crippen molar-refractivity contribution in [3.05, 3.63) is 11.4 Å². The van der Waals surface area contributed by atoms with Gasteiger partial charge in [0.15, 0.2) is 0 Å². The third-order valence-electron chi connectivity index (χ3n) is 5.46. The van der Waals surface area contributed by atoms with E-state index in [9.17, 15) is 23.1 Å². The van der Waals surface area contributed by atoms with Gasteiger partial charge in [0.05, 0.1) is 17.3 Å². The second-order valence-corrected chi connectivity index (χ2v) is 9.22. The molecule has 0 saturated carbocycles. The Labute approximate surface area is 158 Å². The van der Waals surface area contributed by atoms with Crippen LogP contribution in [0.4, 0.5) is 0 Å². The third kappa shape index (κ3) is 3.73. The Balaban J connectivity index is 1.79. The van der Waals surface area contributed by atoms with Crippen molar-refractivity contribution >= 4 is 21.9 Å². The number of hydrogen-bond donors (Lipinski definition) is 2. The maximum Gasteiger partial charge on any atom is 0.326 e. The van der Waals surface area contributed by atoms with Crippen LogP contribution >= 0.6 is 0 Å². The van der Waals surface area contributed by atoms with E-state index >= 15 is 0 Å². The first-order valence-corrected chi connectivity index (χ1v) is 10.7. The molecule has 3 rings (SSSR count). The van der Waals surface area contributed by atoms with E-state index in [1.54, 1.807) is 13.8 Å². The molecule has 0 aliphatic carbocycles. The van der Waals surface area contributed by atoms with Crippen LogP contribution in [0.25, 0.3) is 0 Å². The van der Waals surface area contributed by atoms with E-state index in [4.69, 9.17) is 0 Å². The predicted molar refractivity (Wildman–Crippen MR) is 96.5 cm³/mol. The van der Waals surface area contributed by atoms with Gasteiger partial charge in [0, 0.05) is 19.6 Å². The largest absolute Gasteiger partial charge is 0.480 e. The minimum Gasteiger partial charge on any atom is -0.480 e. The smallest absolute Gasteiger partial charge is 0.326 e. The van der Waals surface area contributed by atoms with Gasteiger partial charge >= 0.3 is 5.97 Å². The van der Waals surface area contributed by atoms with E-state index in [0.717, 1.165) is 12.8 Å². The van der Waals surface area contributed by atoms with E-state index in [-0.39, 0.29) is 17.3 Å². The van der Waals surface area contributed by atoms with Crippen LogP contribution in [-0.4, -0.2) is 70.5 Å². The van der Waals surface area contributed by atoms with Gasteiger partial charge in [-0.25, -0.2) is 13.2 Å². The summed E-state index contributed by atoms with van der Waals surface area (Å²) in [5.41, 5.74) is 0.880. The molecule has 150 valence electrons. The number of H-pyrrole nitrogens is 1. The first-order chi connectivity index (χ1) is 12.7. The van der Waals surface area contributed by atoms with Crippen molar-refractivity contribution in [1.82, 2.24) is 19.4 Å². The molecule has 2 atom stereocenters. The summed E-state index contributed by atoms with van der Waals surface area (Å²) in [5.74, 6) is -1.75. The molecule has 10 heteroatoms. The fourth-order valence-corrected chi connectivity index (χ4v) is 5.95. The van der Waals surface area contributed by atoms with Crippen molar-refractivity contribution in [3.8, 4) is 0 Å². The average Bonchev–Trinajstić information content (AvgIpc) is 3.00. The Morgan fingerprint density at radius 2 is 1.89 bits per heavy atom. The van der Waals surface area contributed by atoms with Crippen LogP contribution in [0.3, 0.4) is 0 Å². The molecule has 2 aliphatic heterocycles. The number of aryl methyl sites for hydroxylation is 2. The number of likely N-dealkylation sites (tertiary alicyclic amines) is 1. The molecule has 0 radical (unpaired) electrons. The highest BCUT2D eigenvalue weighted by Crippen LogP contribution is 2.29. The average molecular weight is 398 g/mol. The van der Waals surface area contributed by atoms with Gasteiger partial charge in [-0.2, -0.15) is 9.40 Å². The van der Waals surface area contributed by atoms with Crippen LogP contribution in [0.5, 0.6) is 0 Å². The second kappa shape index (κ2) is 7.59. The van der Waals surface area contributed by atoms with Gasteiger partial charge in [-0.1, -0.05) is 0 Å². The number of aromatic nitrogens is 2. The molecule has 2 unspecified atom stereocenters. The number of carboxylic acid groups (broad SMARTS) is 1. The van der Waals surface area contributed by atoms with Crippen molar-refractivity contribution in [3.63, 3.8) is 0 Å². The third-order valence-corrected chi connectivity index (χ3v) is 7.59. The Morgan fingerprint density at radius 1 is 1.15 bits per heavy atom. The number of sulfonamides is 1. The molecule has 1 aromatic rings. The fourth-order valence-electron chi connectivity index (χ4n) is 4.10. The van der Waals surface area contributed by atoms with Crippen LogP contribution < -0.4 is 0 Å². The Hall–Kier alpha value is -1.94. The zero-order valence-corrected chi connectivity index (χ0v) is 16.5. The molecule has 2 N–H and O–H groups in total. The number of carbonyl (C=O) groups excluding carboxylic acids is 1. The molecule has 0 spiro atoms. The number of nitrogens with one attached hydrogen (secondary N) is 1. The molecule has 3 heterocycles. The van der Waals surface area contributed by atoms with Crippen molar-refractivity contribution in [2.24, 2.45) is 5.92 Å². The first-order valence-electron chi connectivity index (χ1n) is 9.28. The van der Waals surface area contributed by atoms with Gasteiger partial charge in [0.25, 0.3) is 0 Å². The Bertz CT molecular complexity index is 815. The maximum atomic E-state index is 13.1. The summed E-state index contributed by atoms with van der Waals surface area (Å²) in [5, 5.41) is 16.1. The molecule has 1 amide bonds. The highest BCUT2D eigenvalue weighted by atomic mass is 32.2. The molecule has 0 aromatic carbocycles. The Morgan fingerprint density at radius 3 is 2.52 bits per heavy atom. The zero-order valence-electron chi connectivity index (χ0n) is 15.6. The maximum absolute atomic E-state index is 13.1. The van der Waals surface area contributed by atoms with E-state index < -0.39 is 28.0 Å². The minimum absolute atomic E-state index is 0.0774.